The van der Waals surface area contributed by atoms with Gasteiger partial charge in [-0.3, -0.25) is 14.6 Å². The molecule has 1 aliphatic heterocycles. The number of benzene rings is 1. The Hall–Kier alpha value is -3.19. The molecule has 1 aromatic carbocycles. The molecule has 0 unspecified atom stereocenters. The maximum atomic E-state index is 13.3. The molecular formula is C21H13BrN2O4. The molecule has 4 heterocycles. The van der Waals surface area contributed by atoms with E-state index in [-0.39, 0.29) is 23.6 Å². The van der Waals surface area contributed by atoms with Crippen LogP contribution in [0.15, 0.2) is 79.1 Å². The van der Waals surface area contributed by atoms with Crippen LogP contribution in [0.1, 0.15) is 33.6 Å². The van der Waals surface area contributed by atoms with Gasteiger partial charge in [0.25, 0.3) is 5.91 Å². The van der Waals surface area contributed by atoms with Gasteiger partial charge in [0.15, 0.2) is 5.43 Å². The van der Waals surface area contributed by atoms with Crippen molar-refractivity contribution in [3.63, 3.8) is 0 Å². The summed E-state index contributed by atoms with van der Waals surface area (Å²) in [6, 6.07) is 13.5. The minimum atomic E-state index is -0.645. The van der Waals surface area contributed by atoms with Crippen LogP contribution >= 0.6 is 15.9 Å². The highest BCUT2D eigenvalue weighted by Crippen LogP contribution is 2.38. The Labute approximate surface area is 167 Å². The third-order valence-electron chi connectivity index (χ3n) is 4.80. The lowest BCUT2D eigenvalue weighted by Gasteiger charge is -2.23. The third kappa shape index (κ3) is 2.58. The second kappa shape index (κ2) is 6.45. The predicted molar refractivity (Wildman–Crippen MR) is 105 cm³/mol. The van der Waals surface area contributed by atoms with Crippen molar-refractivity contribution in [3.8, 4) is 0 Å². The molecule has 0 N–H and O–H groups in total. The third-order valence-corrected chi connectivity index (χ3v) is 5.30. The maximum absolute atomic E-state index is 13.3. The topological polar surface area (TPSA) is 76.6 Å². The standard InChI is InChI=1S/C21H13BrN2O4/c22-12-6-7-16-14(10-12)19(25)17-18(15-5-1-2-8-23-15)24(21(26)20(17)28-16)11-13-4-3-9-27-13/h1-10,18H,11H2/t18-/m0/s1. The van der Waals surface area contributed by atoms with Crippen molar-refractivity contribution in [1.29, 1.82) is 0 Å². The van der Waals surface area contributed by atoms with Gasteiger partial charge in [-0.2, -0.15) is 0 Å². The van der Waals surface area contributed by atoms with Gasteiger partial charge in [-0.15, -0.1) is 0 Å². The number of carbonyl (C=O) groups excluding carboxylic acids is 1. The summed E-state index contributed by atoms with van der Waals surface area (Å²) in [6.07, 6.45) is 3.19. The van der Waals surface area contributed by atoms with Crippen LogP contribution in [0, 0.1) is 0 Å². The molecule has 6 nitrogen and oxygen atoms in total. The molecule has 0 radical (unpaired) electrons. The highest BCUT2D eigenvalue weighted by Gasteiger charge is 2.43. The van der Waals surface area contributed by atoms with Gasteiger partial charge in [-0.1, -0.05) is 22.0 Å². The van der Waals surface area contributed by atoms with Gasteiger partial charge < -0.3 is 13.7 Å². The Bertz CT molecular complexity index is 1250. The second-order valence-electron chi connectivity index (χ2n) is 6.48. The SMILES string of the molecule is O=C1c2oc3ccc(Br)cc3c(=O)c2[C@H](c2ccccn2)N1Cc1ccco1. The zero-order valence-electron chi connectivity index (χ0n) is 14.5. The summed E-state index contributed by atoms with van der Waals surface area (Å²) < 4.78 is 12.1. The Morgan fingerprint density at radius 3 is 2.75 bits per heavy atom. The lowest BCUT2D eigenvalue weighted by Crippen LogP contribution is -2.29. The van der Waals surface area contributed by atoms with Crippen LogP contribution in [0.5, 0.6) is 0 Å². The van der Waals surface area contributed by atoms with E-state index in [0.29, 0.717) is 28.0 Å². The van der Waals surface area contributed by atoms with E-state index in [2.05, 4.69) is 20.9 Å². The molecule has 0 saturated heterocycles. The molecule has 1 amide bonds. The number of hydrogen-bond acceptors (Lipinski definition) is 5. The van der Waals surface area contributed by atoms with E-state index in [9.17, 15) is 9.59 Å². The quantitative estimate of drug-likeness (QED) is 0.478. The van der Waals surface area contributed by atoms with Crippen LogP contribution in [-0.4, -0.2) is 15.8 Å². The summed E-state index contributed by atoms with van der Waals surface area (Å²) in [4.78, 5) is 32.5. The van der Waals surface area contributed by atoms with Crippen LogP contribution in [0.2, 0.25) is 0 Å². The van der Waals surface area contributed by atoms with Crippen LogP contribution < -0.4 is 5.43 Å². The van der Waals surface area contributed by atoms with Crippen molar-refractivity contribution < 1.29 is 13.6 Å². The van der Waals surface area contributed by atoms with Crippen molar-refractivity contribution in [2.24, 2.45) is 0 Å². The number of carbonyl (C=O) groups is 1. The first kappa shape index (κ1) is 16.9. The summed E-state index contributed by atoms with van der Waals surface area (Å²) in [6.45, 7) is 0.205. The first-order chi connectivity index (χ1) is 13.6. The number of aromatic nitrogens is 1. The molecule has 138 valence electrons. The van der Waals surface area contributed by atoms with E-state index in [4.69, 9.17) is 8.83 Å². The molecule has 1 aliphatic rings. The molecule has 0 spiro atoms. The average molecular weight is 437 g/mol. The largest absolute Gasteiger partial charge is 0.467 e. The molecule has 0 fully saturated rings. The zero-order chi connectivity index (χ0) is 19.3. The molecule has 0 bridgehead atoms. The second-order valence-corrected chi connectivity index (χ2v) is 7.40. The molecule has 28 heavy (non-hydrogen) atoms. The lowest BCUT2D eigenvalue weighted by molar-refractivity contribution is 0.0699. The Morgan fingerprint density at radius 1 is 1.11 bits per heavy atom. The molecule has 3 aromatic heterocycles. The number of furan rings is 1. The Balaban J connectivity index is 1.76. The fourth-order valence-electron chi connectivity index (χ4n) is 3.57. The van der Waals surface area contributed by atoms with Gasteiger partial charge in [0, 0.05) is 10.7 Å². The van der Waals surface area contributed by atoms with Crippen LogP contribution in [0.4, 0.5) is 0 Å². The summed E-state index contributed by atoms with van der Waals surface area (Å²) >= 11 is 3.39. The number of fused-ring (bicyclic) bond motifs is 2. The van der Waals surface area contributed by atoms with Crippen molar-refractivity contribution in [3.05, 3.63) is 98.5 Å². The number of halogens is 1. The smallest absolute Gasteiger partial charge is 0.291 e. The van der Waals surface area contributed by atoms with E-state index in [0.717, 1.165) is 4.47 Å². The average Bonchev–Trinajstić information content (AvgIpc) is 3.31. The van der Waals surface area contributed by atoms with Gasteiger partial charge >= 0.3 is 0 Å². The first-order valence-corrected chi connectivity index (χ1v) is 9.43. The van der Waals surface area contributed by atoms with Crippen LogP contribution in [0.3, 0.4) is 0 Å². The maximum Gasteiger partial charge on any atom is 0.291 e. The van der Waals surface area contributed by atoms with Gasteiger partial charge in [0.1, 0.15) is 17.4 Å². The van der Waals surface area contributed by atoms with Crippen molar-refractivity contribution in [2.75, 3.05) is 0 Å². The van der Waals surface area contributed by atoms with Crippen LogP contribution in [-0.2, 0) is 6.54 Å². The van der Waals surface area contributed by atoms with Crippen LogP contribution in [0.25, 0.3) is 11.0 Å². The highest BCUT2D eigenvalue weighted by atomic mass is 79.9. The van der Waals surface area contributed by atoms with Crippen molar-refractivity contribution in [1.82, 2.24) is 9.88 Å². The Morgan fingerprint density at radius 2 is 2.00 bits per heavy atom. The molecule has 0 saturated carbocycles. The molecule has 0 aliphatic carbocycles. The van der Waals surface area contributed by atoms with Gasteiger partial charge in [-0.05, 0) is 42.5 Å². The van der Waals surface area contributed by atoms with E-state index in [1.807, 2.05) is 6.07 Å². The molecular weight excluding hydrogens is 424 g/mol. The summed E-state index contributed by atoms with van der Waals surface area (Å²) in [5.41, 5.74) is 1.05. The fourth-order valence-corrected chi connectivity index (χ4v) is 3.93. The first-order valence-electron chi connectivity index (χ1n) is 8.64. The van der Waals surface area contributed by atoms with E-state index < -0.39 is 6.04 Å². The summed E-state index contributed by atoms with van der Waals surface area (Å²) in [5, 5.41) is 0.418. The predicted octanol–water partition coefficient (Wildman–Crippen LogP) is 4.29. The van der Waals surface area contributed by atoms with Gasteiger partial charge in [0.2, 0.25) is 5.76 Å². The monoisotopic (exact) mass is 436 g/mol. The van der Waals surface area contributed by atoms with E-state index in [1.54, 1.807) is 59.8 Å². The fraction of sp³-hybridized carbons (Fsp3) is 0.0952. The van der Waals surface area contributed by atoms with E-state index in [1.165, 1.54) is 0 Å². The Kier molecular flexibility index (Phi) is 3.91. The number of hydrogen-bond donors (Lipinski definition) is 0. The normalized spacial score (nSPS) is 16.0. The zero-order valence-corrected chi connectivity index (χ0v) is 16.0. The number of nitrogens with zero attached hydrogens (tertiary/aromatic N) is 2. The summed E-state index contributed by atoms with van der Waals surface area (Å²) in [5.74, 6) is 0.313. The molecule has 1 atom stereocenters. The van der Waals surface area contributed by atoms with Gasteiger partial charge in [0.05, 0.1) is 29.5 Å². The summed E-state index contributed by atoms with van der Waals surface area (Å²) in [7, 11) is 0. The molecule has 5 rings (SSSR count). The molecule has 7 heteroatoms. The van der Waals surface area contributed by atoms with Crippen molar-refractivity contribution >= 4 is 32.8 Å². The van der Waals surface area contributed by atoms with E-state index >= 15 is 0 Å². The minimum absolute atomic E-state index is 0.0574. The number of pyridine rings is 1. The van der Waals surface area contributed by atoms with Gasteiger partial charge in [-0.25, -0.2) is 0 Å². The highest BCUT2D eigenvalue weighted by molar-refractivity contribution is 9.10. The van der Waals surface area contributed by atoms with Crippen molar-refractivity contribution in [2.45, 2.75) is 12.6 Å². The lowest BCUT2D eigenvalue weighted by atomic mass is 10.0. The molecule has 4 aromatic rings. The minimum Gasteiger partial charge on any atom is -0.467 e. The number of amides is 1. The number of rotatable bonds is 3.